The third-order valence-electron chi connectivity index (χ3n) is 3.57. The second-order valence-electron chi connectivity index (χ2n) is 5.20. The molecule has 1 aliphatic heterocycles. The van der Waals surface area contributed by atoms with Gasteiger partial charge in [-0.3, -0.25) is 9.59 Å². The Kier molecular flexibility index (Phi) is 4.22. The van der Waals surface area contributed by atoms with E-state index in [-0.39, 0.29) is 11.8 Å². The number of carbonyl (C=O) groups is 2. The van der Waals surface area contributed by atoms with Crippen molar-refractivity contribution in [3.63, 3.8) is 0 Å². The highest BCUT2D eigenvalue weighted by molar-refractivity contribution is 5.93. The summed E-state index contributed by atoms with van der Waals surface area (Å²) in [5.74, 6) is -0.247. The number of amides is 1. The Morgan fingerprint density at radius 3 is 2.40 bits per heavy atom. The van der Waals surface area contributed by atoms with Crippen molar-refractivity contribution < 1.29 is 14.7 Å². The Morgan fingerprint density at radius 1 is 1.30 bits per heavy atom. The summed E-state index contributed by atoms with van der Waals surface area (Å²) in [6.07, 6.45) is 2.84. The van der Waals surface area contributed by atoms with E-state index in [0.29, 0.717) is 31.5 Å². The van der Waals surface area contributed by atoms with Gasteiger partial charge in [-0.15, -0.1) is 0 Å². The number of carboxylic acids is 1. The number of hydrogen-bond donors (Lipinski definition) is 1. The molecule has 0 aromatic carbocycles. The van der Waals surface area contributed by atoms with E-state index < -0.39 is 5.97 Å². The first-order valence-corrected chi connectivity index (χ1v) is 6.64. The minimum atomic E-state index is -0.718. The molecule has 0 saturated carbocycles. The Labute approximate surface area is 118 Å². The number of rotatable bonds is 3. The van der Waals surface area contributed by atoms with Gasteiger partial charge in [-0.25, -0.2) is 4.98 Å². The number of piperidine rings is 1. The molecule has 0 aliphatic carbocycles. The molecular formula is C14H19N3O3. The zero-order valence-corrected chi connectivity index (χ0v) is 11.7. The van der Waals surface area contributed by atoms with Crippen molar-refractivity contribution in [1.82, 2.24) is 9.88 Å². The first kappa shape index (κ1) is 14.3. The second-order valence-corrected chi connectivity index (χ2v) is 5.20. The summed E-state index contributed by atoms with van der Waals surface area (Å²) >= 11 is 0. The van der Waals surface area contributed by atoms with Gasteiger partial charge in [0.15, 0.2) is 0 Å². The summed E-state index contributed by atoms with van der Waals surface area (Å²) in [5, 5.41) is 8.97. The molecule has 2 rings (SSSR count). The summed E-state index contributed by atoms with van der Waals surface area (Å²) in [7, 11) is 3.40. The van der Waals surface area contributed by atoms with Crippen LogP contribution in [0.15, 0.2) is 18.3 Å². The molecule has 1 aliphatic rings. The van der Waals surface area contributed by atoms with Gasteiger partial charge in [0.2, 0.25) is 0 Å². The molecule has 1 aromatic heterocycles. The van der Waals surface area contributed by atoms with Crippen LogP contribution in [0.2, 0.25) is 0 Å². The number of aliphatic carboxylic acids is 1. The Morgan fingerprint density at radius 2 is 1.95 bits per heavy atom. The van der Waals surface area contributed by atoms with E-state index in [2.05, 4.69) is 9.88 Å². The van der Waals surface area contributed by atoms with Crippen LogP contribution in [0.1, 0.15) is 23.2 Å². The number of carboxylic acid groups (broad SMARTS) is 1. The van der Waals surface area contributed by atoms with Crippen LogP contribution in [-0.2, 0) is 4.79 Å². The predicted molar refractivity (Wildman–Crippen MR) is 74.8 cm³/mol. The maximum atomic E-state index is 11.8. The van der Waals surface area contributed by atoms with Crippen LogP contribution in [0.25, 0.3) is 0 Å². The lowest BCUT2D eigenvalue weighted by atomic mass is 9.97. The van der Waals surface area contributed by atoms with Gasteiger partial charge in [-0.1, -0.05) is 0 Å². The first-order valence-electron chi connectivity index (χ1n) is 6.64. The average molecular weight is 277 g/mol. The van der Waals surface area contributed by atoms with Gasteiger partial charge >= 0.3 is 5.97 Å². The highest BCUT2D eigenvalue weighted by Gasteiger charge is 2.25. The van der Waals surface area contributed by atoms with Crippen molar-refractivity contribution in [2.75, 3.05) is 32.1 Å². The molecule has 0 bridgehead atoms. The van der Waals surface area contributed by atoms with Crippen molar-refractivity contribution in [2.24, 2.45) is 5.92 Å². The minimum Gasteiger partial charge on any atom is -0.481 e. The molecule has 1 saturated heterocycles. The fourth-order valence-corrected chi connectivity index (χ4v) is 2.31. The fourth-order valence-electron chi connectivity index (χ4n) is 2.31. The van der Waals surface area contributed by atoms with Gasteiger partial charge < -0.3 is 14.9 Å². The van der Waals surface area contributed by atoms with E-state index >= 15 is 0 Å². The van der Waals surface area contributed by atoms with Crippen LogP contribution in [0, 0.1) is 5.92 Å². The van der Waals surface area contributed by atoms with E-state index in [4.69, 9.17) is 5.11 Å². The second kappa shape index (κ2) is 5.90. The zero-order valence-electron chi connectivity index (χ0n) is 11.7. The molecule has 0 spiro atoms. The van der Waals surface area contributed by atoms with Gasteiger partial charge in [0, 0.05) is 33.4 Å². The van der Waals surface area contributed by atoms with Crippen LogP contribution in [0.4, 0.5) is 5.82 Å². The summed E-state index contributed by atoms with van der Waals surface area (Å²) < 4.78 is 0. The van der Waals surface area contributed by atoms with Gasteiger partial charge in [0.25, 0.3) is 5.91 Å². The summed E-state index contributed by atoms with van der Waals surface area (Å²) in [4.78, 5) is 30.5. The van der Waals surface area contributed by atoms with E-state index in [1.807, 2.05) is 6.07 Å². The monoisotopic (exact) mass is 277 g/mol. The first-order chi connectivity index (χ1) is 9.49. The number of pyridine rings is 1. The van der Waals surface area contributed by atoms with Crippen molar-refractivity contribution in [1.29, 1.82) is 0 Å². The number of anilines is 1. The summed E-state index contributed by atoms with van der Waals surface area (Å²) in [5.41, 5.74) is 0.555. The highest BCUT2D eigenvalue weighted by atomic mass is 16.4. The maximum absolute atomic E-state index is 11.8. The van der Waals surface area contributed by atoms with Crippen molar-refractivity contribution in [3.8, 4) is 0 Å². The Hall–Kier alpha value is -2.11. The van der Waals surface area contributed by atoms with Crippen LogP contribution in [0.3, 0.4) is 0 Å². The molecule has 1 aromatic rings. The topological polar surface area (TPSA) is 73.7 Å². The van der Waals surface area contributed by atoms with Crippen molar-refractivity contribution >= 4 is 17.7 Å². The van der Waals surface area contributed by atoms with Crippen molar-refractivity contribution in [2.45, 2.75) is 12.8 Å². The van der Waals surface area contributed by atoms with Gasteiger partial charge in [0.05, 0.1) is 11.5 Å². The molecule has 1 amide bonds. The lowest BCUT2D eigenvalue weighted by Crippen LogP contribution is -2.36. The molecule has 0 unspecified atom stereocenters. The van der Waals surface area contributed by atoms with Gasteiger partial charge in [-0.2, -0.15) is 0 Å². The summed E-state index contributed by atoms with van der Waals surface area (Å²) in [6.45, 7) is 1.37. The number of aromatic nitrogens is 1. The normalized spacial score (nSPS) is 16.0. The number of hydrogen-bond acceptors (Lipinski definition) is 4. The molecule has 6 heteroatoms. The van der Waals surface area contributed by atoms with Crippen LogP contribution >= 0.6 is 0 Å². The van der Waals surface area contributed by atoms with Crippen LogP contribution < -0.4 is 4.90 Å². The van der Waals surface area contributed by atoms with E-state index in [1.54, 1.807) is 26.4 Å². The van der Waals surface area contributed by atoms with Crippen LogP contribution in [0.5, 0.6) is 0 Å². The third kappa shape index (κ3) is 3.07. The molecule has 20 heavy (non-hydrogen) atoms. The maximum Gasteiger partial charge on any atom is 0.306 e. The molecule has 1 N–H and O–H groups in total. The lowest BCUT2D eigenvalue weighted by Gasteiger charge is -2.31. The molecule has 108 valence electrons. The van der Waals surface area contributed by atoms with E-state index in [9.17, 15) is 9.59 Å². The predicted octanol–water partition coefficient (Wildman–Crippen LogP) is 1.08. The minimum absolute atomic E-state index is 0.0753. The Balaban J connectivity index is 2.01. The standard InChI is InChI=1S/C14H19N3O3/c1-16(2)13(18)11-3-4-12(15-9-11)17-7-5-10(6-8-17)14(19)20/h3-4,9-10H,5-8H2,1-2H3,(H,19,20). The van der Waals surface area contributed by atoms with Gasteiger partial charge in [-0.05, 0) is 25.0 Å². The molecular weight excluding hydrogens is 258 g/mol. The number of carbonyl (C=O) groups excluding carboxylic acids is 1. The number of nitrogens with zero attached hydrogens (tertiary/aromatic N) is 3. The molecule has 6 nitrogen and oxygen atoms in total. The Bertz CT molecular complexity index is 491. The molecule has 2 heterocycles. The van der Waals surface area contributed by atoms with E-state index in [1.165, 1.54) is 4.90 Å². The highest BCUT2D eigenvalue weighted by Crippen LogP contribution is 2.22. The third-order valence-corrected chi connectivity index (χ3v) is 3.57. The zero-order chi connectivity index (χ0) is 14.7. The lowest BCUT2D eigenvalue weighted by molar-refractivity contribution is -0.142. The van der Waals surface area contributed by atoms with Gasteiger partial charge in [0.1, 0.15) is 5.82 Å². The fraction of sp³-hybridized carbons (Fsp3) is 0.500. The SMILES string of the molecule is CN(C)C(=O)c1ccc(N2CCC(C(=O)O)CC2)nc1. The van der Waals surface area contributed by atoms with E-state index in [0.717, 1.165) is 5.82 Å². The smallest absolute Gasteiger partial charge is 0.306 e. The summed E-state index contributed by atoms with van der Waals surface area (Å²) in [6, 6.07) is 3.58. The molecule has 0 atom stereocenters. The van der Waals surface area contributed by atoms with Crippen molar-refractivity contribution in [3.05, 3.63) is 23.9 Å². The largest absolute Gasteiger partial charge is 0.481 e. The average Bonchev–Trinajstić information content (AvgIpc) is 2.46. The van der Waals surface area contributed by atoms with Crippen LogP contribution in [-0.4, -0.2) is 54.1 Å². The quantitative estimate of drug-likeness (QED) is 0.895. The molecule has 1 fully saturated rings. The molecule has 0 radical (unpaired) electrons.